The summed E-state index contributed by atoms with van der Waals surface area (Å²) in [6.45, 7) is 4.39. The molecule has 1 fully saturated rings. The Morgan fingerprint density at radius 1 is 1.29 bits per heavy atom. The maximum Gasteiger partial charge on any atom is 0.123 e. The summed E-state index contributed by atoms with van der Waals surface area (Å²) in [5.41, 5.74) is 8.80. The lowest BCUT2D eigenvalue weighted by Gasteiger charge is -2.32. The van der Waals surface area contributed by atoms with E-state index in [0.717, 1.165) is 5.75 Å². The lowest BCUT2D eigenvalue weighted by Crippen LogP contribution is -2.27. The number of methoxy groups -OCH3 is 1. The molecule has 17 heavy (non-hydrogen) atoms. The van der Waals surface area contributed by atoms with Crippen LogP contribution in [0.3, 0.4) is 0 Å². The largest absolute Gasteiger partial charge is 0.496 e. The molecule has 94 valence electrons. The Bertz CT molecular complexity index is 383. The molecule has 0 saturated heterocycles. The van der Waals surface area contributed by atoms with E-state index in [9.17, 15) is 0 Å². The zero-order chi connectivity index (χ0) is 12.4. The van der Waals surface area contributed by atoms with Crippen molar-refractivity contribution in [3.05, 3.63) is 29.3 Å². The Balaban J connectivity index is 2.26. The first-order valence-electron chi connectivity index (χ1n) is 6.57. The van der Waals surface area contributed by atoms with E-state index in [1.54, 1.807) is 7.11 Å². The van der Waals surface area contributed by atoms with Gasteiger partial charge in [-0.3, -0.25) is 0 Å². The van der Waals surface area contributed by atoms with E-state index in [1.807, 2.05) is 0 Å². The molecule has 2 rings (SSSR count). The lowest BCUT2D eigenvalue weighted by molar-refractivity contribution is 0.259. The van der Waals surface area contributed by atoms with Crippen molar-refractivity contribution in [3.63, 3.8) is 0 Å². The Labute approximate surface area is 104 Å². The molecule has 1 aromatic carbocycles. The van der Waals surface area contributed by atoms with Crippen LogP contribution in [0.25, 0.3) is 0 Å². The van der Waals surface area contributed by atoms with Gasteiger partial charge < -0.3 is 10.5 Å². The van der Waals surface area contributed by atoms with E-state index in [2.05, 4.69) is 32.0 Å². The SMILES string of the molecule is COc1cc(C(C)C)ccc1C(N)C1CCC1. The number of nitrogens with two attached hydrogens (primary N) is 1. The first-order chi connectivity index (χ1) is 8.13. The van der Waals surface area contributed by atoms with Crippen molar-refractivity contribution in [1.82, 2.24) is 0 Å². The Morgan fingerprint density at radius 3 is 2.47 bits per heavy atom. The van der Waals surface area contributed by atoms with Gasteiger partial charge in [0, 0.05) is 11.6 Å². The van der Waals surface area contributed by atoms with Gasteiger partial charge >= 0.3 is 0 Å². The first-order valence-corrected chi connectivity index (χ1v) is 6.57. The van der Waals surface area contributed by atoms with Crippen LogP contribution >= 0.6 is 0 Å². The molecule has 0 bridgehead atoms. The smallest absolute Gasteiger partial charge is 0.123 e. The van der Waals surface area contributed by atoms with Crippen LogP contribution in [-0.2, 0) is 0 Å². The lowest BCUT2D eigenvalue weighted by atomic mass is 9.77. The van der Waals surface area contributed by atoms with Gasteiger partial charge in [0.15, 0.2) is 0 Å². The predicted octanol–water partition coefficient (Wildman–Crippen LogP) is 3.62. The maximum absolute atomic E-state index is 6.32. The summed E-state index contributed by atoms with van der Waals surface area (Å²) < 4.78 is 5.50. The van der Waals surface area contributed by atoms with Crippen molar-refractivity contribution in [3.8, 4) is 5.75 Å². The third-order valence-corrected chi connectivity index (χ3v) is 3.94. The van der Waals surface area contributed by atoms with Crippen molar-refractivity contribution in [2.24, 2.45) is 11.7 Å². The normalized spacial score (nSPS) is 17.9. The van der Waals surface area contributed by atoms with Crippen molar-refractivity contribution in [1.29, 1.82) is 0 Å². The second kappa shape index (κ2) is 5.09. The summed E-state index contributed by atoms with van der Waals surface area (Å²) in [5, 5.41) is 0. The fourth-order valence-electron chi connectivity index (χ4n) is 2.42. The Kier molecular flexibility index (Phi) is 3.72. The molecule has 1 atom stereocenters. The standard InChI is InChI=1S/C15H23NO/c1-10(2)12-7-8-13(14(9-12)17-3)15(16)11-5-4-6-11/h7-11,15H,4-6,16H2,1-3H3. The minimum Gasteiger partial charge on any atom is -0.496 e. The molecule has 1 aliphatic carbocycles. The highest BCUT2D eigenvalue weighted by Gasteiger charge is 2.27. The molecule has 2 heteroatoms. The van der Waals surface area contributed by atoms with Crippen molar-refractivity contribution >= 4 is 0 Å². The summed E-state index contributed by atoms with van der Waals surface area (Å²) in [6, 6.07) is 6.61. The van der Waals surface area contributed by atoms with Crippen LogP contribution in [0.2, 0.25) is 0 Å². The van der Waals surface area contributed by atoms with Crippen LogP contribution in [0.4, 0.5) is 0 Å². The second-order valence-corrected chi connectivity index (χ2v) is 5.37. The molecule has 0 aliphatic heterocycles. The summed E-state index contributed by atoms with van der Waals surface area (Å²) in [5.74, 6) is 2.13. The van der Waals surface area contributed by atoms with E-state index in [1.165, 1.54) is 30.4 Å². The van der Waals surface area contributed by atoms with Gasteiger partial charge in [0.05, 0.1) is 7.11 Å². The Hall–Kier alpha value is -1.02. The van der Waals surface area contributed by atoms with Gasteiger partial charge in [0.2, 0.25) is 0 Å². The number of ether oxygens (including phenoxy) is 1. The molecule has 1 saturated carbocycles. The van der Waals surface area contributed by atoms with Crippen LogP contribution in [0.15, 0.2) is 18.2 Å². The van der Waals surface area contributed by atoms with Gasteiger partial charge in [0.25, 0.3) is 0 Å². The molecule has 0 heterocycles. The van der Waals surface area contributed by atoms with Gasteiger partial charge in [-0.25, -0.2) is 0 Å². The van der Waals surface area contributed by atoms with Gasteiger partial charge in [-0.15, -0.1) is 0 Å². The number of hydrogen-bond donors (Lipinski definition) is 1. The third-order valence-electron chi connectivity index (χ3n) is 3.94. The molecule has 0 radical (unpaired) electrons. The highest BCUT2D eigenvalue weighted by Crippen LogP contribution is 2.39. The van der Waals surface area contributed by atoms with E-state index in [0.29, 0.717) is 11.8 Å². The zero-order valence-electron chi connectivity index (χ0n) is 11.1. The van der Waals surface area contributed by atoms with Gasteiger partial charge in [-0.05, 0) is 36.3 Å². The number of rotatable bonds is 4. The third kappa shape index (κ3) is 2.47. The average Bonchev–Trinajstić information content (AvgIpc) is 2.25. The van der Waals surface area contributed by atoms with Crippen molar-refractivity contribution in [2.45, 2.75) is 45.1 Å². The highest BCUT2D eigenvalue weighted by atomic mass is 16.5. The number of benzene rings is 1. The van der Waals surface area contributed by atoms with E-state index in [-0.39, 0.29) is 6.04 Å². The molecule has 0 amide bonds. The maximum atomic E-state index is 6.32. The molecule has 2 nitrogen and oxygen atoms in total. The fourth-order valence-corrected chi connectivity index (χ4v) is 2.42. The first kappa shape index (κ1) is 12.4. The topological polar surface area (TPSA) is 35.2 Å². The van der Waals surface area contributed by atoms with Crippen molar-refractivity contribution in [2.75, 3.05) is 7.11 Å². The molecule has 0 spiro atoms. The van der Waals surface area contributed by atoms with Crippen LogP contribution in [0.1, 0.15) is 56.2 Å². The second-order valence-electron chi connectivity index (χ2n) is 5.37. The molecule has 1 unspecified atom stereocenters. The highest BCUT2D eigenvalue weighted by molar-refractivity contribution is 5.41. The average molecular weight is 233 g/mol. The van der Waals surface area contributed by atoms with Crippen LogP contribution in [0.5, 0.6) is 5.75 Å². The molecule has 1 aliphatic rings. The summed E-state index contributed by atoms with van der Waals surface area (Å²) in [7, 11) is 1.73. The number of hydrogen-bond acceptors (Lipinski definition) is 2. The molecular formula is C15H23NO. The van der Waals surface area contributed by atoms with Gasteiger partial charge in [-0.2, -0.15) is 0 Å². The summed E-state index contributed by atoms with van der Waals surface area (Å²) in [4.78, 5) is 0. The van der Waals surface area contributed by atoms with Crippen LogP contribution in [0, 0.1) is 5.92 Å². The molecule has 0 aromatic heterocycles. The fraction of sp³-hybridized carbons (Fsp3) is 0.600. The quantitative estimate of drug-likeness (QED) is 0.862. The van der Waals surface area contributed by atoms with Crippen molar-refractivity contribution < 1.29 is 4.74 Å². The monoisotopic (exact) mass is 233 g/mol. The van der Waals surface area contributed by atoms with E-state index in [4.69, 9.17) is 10.5 Å². The van der Waals surface area contributed by atoms with Gasteiger partial charge in [-0.1, -0.05) is 32.4 Å². The van der Waals surface area contributed by atoms with Crippen LogP contribution < -0.4 is 10.5 Å². The molecule has 2 N–H and O–H groups in total. The zero-order valence-corrected chi connectivity index (χ0v) is 11.1. The summed E-state index contributed by atoms with van der Waals surface area (Å²) >= 11 is 0. The van der Waals surface area contributed by atoms with Crippen LogP contribution in [-0.4, -0.2) is 7.11 Å². The minimum absolute atomic E-state index is 0.139. The van der Waals surface area contributed by atoms with E-state index >= 15 is 0 Å². The molecular weight excluding hydrogens is 210 g/mol. The summed E-state index contributed by atoms with van der Waals surface area (Å²) in [6.07, 6.45) is 3.84. The minimum atomic E-state index is 0.139. The van der Waals surface area contributed by atoms with Gasteiger partial charge in [0.1, 0.15) is 5.75 Å². The molecule has 1 aromatic rings. The Morgan fingerprint density at radius 2 is 2.00 bits per heavy atom. The van der Waals surface area contributed by atoms with E-state index < -0.39 is 0 Å². The predicted molar refractivity (Wildman–Crippen MR) is 71.4 cm³/mol.